The molecule has 0 radical (unpaired) electrons. The van der Waals surface area contributed by atoms with Crippen molar-refractivity contribution >= 4 is 11.9 Å². The van der Waals surface area contributed by atoms with Crippen molar-refractivity contribution in [1.82, 2.24) is 5.32 Å². The lowest BCUT2D eigenvalue weighted by Crippen LogP contribution is -2.45. The van der Waals surface area contributed by atoms with Crippen LogP contribution in [-0.4, -0.2) is 24.5 Å². The van der Waals surface area contributed by atoms with Crippen molar-refractivity contribution in [1.29, 1.82) is 0 Å². The first kappa shape index (κ1) is 14.5. The summed E-state index contributed by atoms with van der Waals surface area (Å²) in [5, 5.41) is 2.63. The first-order chi connectivity index (χ1) is 9.38. The van der Waals surface area contributed by atoms with Crippen LogP contribution in [0, 0.1) is 12.7 Å². The lowest BCUT2D eigenvalue weighted by molar-refractivity contribution is -0.147. The molecule has 0 bridgehead atoms. The normalized spacial score (nSPS) is 25.4. The second kappa shape index (κ2) is 5.23. The zero-order valence-electron chi connectivity index (χ0n) is 11.8. The van der Waals surface area contributed by atoms with Crippen molar-refractivity contribution in [3.63, 3.8) is 0 Å². The number of carbonyl (C=O) groups is 2. The van der Waals surface area contributed by atoms with Crippen LogP contribution in [0.4, 0.5) is 4.39 Å². The summed E-state index contributed by atoms with van der Waals surface area (Å²) in [5.41, 5.74) is 0.358. The molecule has 0 aliphatic carbocycles. The highest BCUT2D eigenvalue weighted by Crippen LogP contribution is 2.36. The molecule has 1 saturated heterocycles. The summed E-state index contributed by atoms with van der Waals surface area (Å²) in [6.45, 7) is 5.39. The van der Waals surface area contributed by atoms with Gasteiger partial charge in [0.05, 0.1) is 6.61 Å². The van der Waals surface area contributed by atoms with Gasteiger partial charge in [-0.15, -0.1) is 0 Å². The average Bonchev–Trinajstić information content (AvgIpc) is 2.69. The van der Waals surface area contributed by atoms with Crippen LogP contribution in [0.2, 0.25) is 0 Å². The number of hydrogen-bond donors (Lipinski definition) is 1. The van der Waals surface area contributed by atoms with Crippen molar-refractivity contribution < 1.29 is 18.7 Å². The maximum atomic E-state index is 13.8. The number of carbonyl (C=O) groups excluding carboxylic acids is 2. The minimum absolute atomic E-state index is 0.138. The van der Waals surface area contributed by atoms with E-state index in [1.165, 1.54) is 6.07 Å². The molecule has 5 heteroatoms. The fourth-order valence-electron chi connectivity index (χ4n) is 2.57. The van der Waals surface area contributed by atoms with E-state index in [1.54, 1.807) is 32.9 Å². The molecule has 1 N–H and O–H groups in total. The maximum absolute atomic E-state index is 13.8. The molecular weight excluding hydrogens is 261 g/mol. The summed E-state index contributed by atoms with van der Waals surface area (Å²) in [7, 11) is 0. The highest BCUT2D eigenvalue weighted by molar-refractivity contribution is 5.91. The standard InChI is InChI=1S/C15H18FNO3/c1-4-20-14(19)13-15(3,8-12(18)17-13)10-6-5-9(2)11(16)7-10/h5-7,13H,4,8H2,1-3H3,(H,17,18). The van der Waals surface area contributed by atoms with Gasteiger partial charge >= 0.3 is 5.97 Å². The summed E-state index contributed by atoms with van der Waals surface area (Å²) in [4.78, 5) is 23.7. The van der Waals surface area contributed by atoms with Crippen LogP contribution in [0.15, 0.2) is 18.2 Å². The highest BCUT2D eigenvalue weighted by Gasteiger charge is 2.49. The van der Waals surface area contributed by atoms with E-state index in [0.29, 0.717) is 11.1 Å². The van der Waals surface area contributed by atoms with E-state index in [-0.39, 0.29) is 24.8 Å². The van der Waals surface area contributed by atoms with Gasteiger partial charge in [0, 0.05) is 11.8 Å². The van der Waals surface area contributed by atoms with Crippen LogP contribution in [-0.2, 0) is 19.7 Å². The predicted molar refractivity (Wildman–Crippen MR) is 71.7 cm³/mol. The largest absolute Gasteiger partial charge is 0.464 e. The van der Waals surface area contributed by atoms with Crippen LogP contribution in [0.25, 0.3) is 0 Å². The molecule has 1 aromatic rings. The monoisotopic (exact) mass is 279 g/mol. The number of benzene rings is 1. The van der Waals surface area contributed by atoms with Gasteiger partial charge < -0.3 is 10.1 Å². The molecule has 1 fully saturated rings. The smallest absolute Gasteiger partial charge is 0.329 e. The van der Waals surface area contributed by atoms with E-state index >= 15 is 0 Å². The summed E-state index contributed by atoms with van der Waals surface area (Å²) >= 11 is 0. The van der Waals surface area contributed by atoms with E-state index in [1.807, 2.05) is 0 Å². The molecule has 0 saturated carbocycles. The number of ether oxygens (including phenoxy) is 1. The second-order valence-corrected chi connectivity index (χ2v) is 5.31. The molecule has 0 aromatic heterocycles. The topological polar surface area (TPSA) is 55.4 Å². The van der Waals surface area contributed by atoms with Crippen LogP contribution in [0.1, 0.15) is 31.4 Å². The Bertz CT molecular complexity index is 558. The van der Waals surface area contributed by atoms with Crippen molar-refractivity contribution in [2.24, 2.45) is 0 Å². The van der Waals surface area contributed by atoms with Gasteiger partial charge in [0.1, 0.15) is 11.9 Å². The summed E-state index contributed by atoms with van der Waals surface area (Å²) in [6.07, 6.45) is 0.138. The van der Waals surface area contributed by atoms with Crippen LogP contribution < -0.4 is 5.32 Å². The first-order valence-electron chi connectivity index (χ1n) is 6.61. The Morgan fingerprint density at radius 3 is 2.85 bits per heavy atom. The highest BCUT2D eigenvalue weighted by atomic mass is 19.1. The van der Waals surface area contributed by atoms with Crippen LogP contribution >= 0.6 is 0 Å². The number of rotatable bonds is 3. The molecule has 2 rings (SSSR count). The van der Waals surface area contributed by atoms with Gasteiger partial charge in [-0.2, -0.15) is 0 Å². The predicted octanol–water partition coefficient (Wildman–Crippen LogP) is 1.84. The molecule has 1 amide bonds. The maximum Gasteiger partial charge on any atom is 0.329 e. The van der Waals surface area contributed by atoms with Crippen LogP contribution in [0.3, 0.4) is 0 Å². The van der Waals surface area contributed by atoms with E-state index in [4.69, 9.17) is 4.74 Å². The number of hydrogen-bond acceptors (Lipinski definition) is 3. The Morgan fingerprint density at radius 1 is 1.55 bits per heavy atom. The SMILES string of the molecule is CCOC(=O)C1NC(=O)CC1(C)c1ccc(C)c(F)c1. The Labute approximate surface area is 117 Å². The quantitative estimate of drug-likeness (QED) is 0.859. The Hall–Kier alpha value is -1.91. The lowest BCUT2D eigenvalue weighted by atomic mass is 9.75. The number of amides is 1. The van der Waals surface area contributed by atoms with Gasteiger partial charge in [-0.25, -0.2) is 9.18 Å². The molecule has 1 aromatic carbocycles. The minimum atomic E-state index is -0.794. The van der Waals surface area contributed by atoms with E-state index in [9.17, 15) is 14.0 Å². The van der Waals surface area contributed by atoms with Crippen LogP contribution in [0.5, 0.6) is 0 Å². The van der Waals surface area contributed by atoms with Crippen molar-refractivity contribution in [2.75, 3.05) is 6.61 Å². The number of nitrogens with one attached hydrogen (secondary N) is 1. The zero-order valence-corrected chi connectivity index (χ0v) is 11.8. The number of aryl methyl sites for hydroxylation is 1. The molecule has 1 aliphatic rings. The Kier molecular flexibility index (Phi) is 3.79. The third-order valence-electron chi connectivity index (χ3n) is 3.82. The summed E-state index contributed by atoms with van der Waals surface area (Å²) < 4.78 is 18.8. The zero-order chi connectivity index (χ0) is 14.9. The molecule has 108 valence electrons. The Balaban J connectivity index is 2.41. The van der Waals surface area contributed by atoms with Gasteiger partial charge in [0.2, 0.25) is 5.91 Å². The molecule has 20 heavy (non-hydrogen) atoms. The fourth-order valence-corrected chi connectivity index (χ4v) is 2.57. The number of esters is 1. The molecule has 1 heterocycles. The molecular formula is C15H18FNO3. The third kappa shape index (κ3) is 2.40. The molecule has 2 atom stereocenters. The Morgan fingerprint density at radius 2 is 2.25 bits per heavy atom. The minimum Gasteiger partial charge on any atom is -0.464 e. The van der Waals surface area contributed by atoms with E-state index < -0.39 is 17.4 Å². The first-order valence-corrected chi connectivity index (χ1v) is 6.61. The van der Waals surface area contributed by atoms with Gasteiger partial charge in [0.25, 0.3) is 0 Å². The van der Waals surface area contributed by atoms with Crippen molar-refractivity contribution in [3.05, 3.63) is 35.1 Å². The second-order valence-electron chi connectivity index (χ2n) is 5.31. The van der Waals surface area contributed by atoms with Gasteiger partial charge in [-0.05, 0) is 31.0 Å². The van der Waals surface area contributed by atoms with E-state index in [2.05, 4.69) is 5.32 Å². The third-order valence-corrected chi connectivity index (χ3v) is 3.82. The van der Waals surface area contributed by atoms with Crippen molar-refractivity contribution in [2.45, 2.75) is 38.6 Å². The van der Waals surface area contributed by atoms with Crippen molar-refractivity contribution in [3.8, 4) is 0 Å². The van der Waals surface area contributed by atoms with E-state index in [0.717, 1.165) is 0 Å². The fraction of sp³-hybridized carbons (Fsp3) is 0.467. The molecule has 4 nitrogen and oxygen atoms in total. The summed E-state index contributed by atoms with van der Waals surface area (Å²) in [5.74, 6) is -1.06. The average molecular weight is 279 g/mol. The molecule has 2 unspecified atom stereocenters. The van der Waals surface area contributed by atoms with Gasteiger partial charge in [0.15, 0.2) is 0 Å². The number of halogens is 1. The van der Waals surface area contributed by atoms with Gasteiger partial charge in [-0.3, -0.25) is 4.79 Å². The van der Waals surface area contributed by atoms with Gasteiger partial charge in [-0.1, -0.05) is 19.1 Å². The summed E-state index contributed by atoms with van der Waals surface area (Å²) in [6, 6.07) is 4.02. The molecule has 0 spiro atoms. The lowest BCUT2D eigenvalue weighted by Gasteiger charge is -2.29. The molecule has 1 aliphatic heterocycles.